The molecule has 9 heteroatoms. The summed E-state index contributed by atoms with van der Waals surface area (Å²) in [5.41, 5.74) is 2.45. The molecule has 0 saturated carbocycles. The van der Waals surface area contributed by atoms with Gasteiger partial charge >= 0.3 is 0 Å². The van der Waals surface area contributed by atoms with Crippen LogP contribution in [0.25, 0.3) is 5.69 Å². The summed E-state index contributed by atoms with van der Waals surface area (Å²) in [5, 5.41) is 6.44. The Kier molecular flexibility index (Phi) is 6.73. The molecule has 2 N–H and O–H groups in total. The predicted octanol–water partition coefficient (Wildman–Crippen LogP) is 5.15. The van der Waals surface area contributed by atoms with Gasteiger partial charge in [0.1, 0.15) is 11.6 Å². The second-order valence-electron chi connectivity index (χ2n) is 8.38. The van der Waals surface area contributed by atoms with Gasteiger partial charge in [-0.15, -0.1) is 0 Å². The molecule has 5 rings (SSSR count). The first-order valence-electron chi connectivity index (χ1n) is 11.5. The highest BCUT2D eigenvalue weighted by Crippen LogP contribution is 2.39. The van der Waals surface area contributed by atoms with Gasteiger partial charge in [-0.3, -0.25) is 9.78 Å². The van der Waals surface area contributed by atoms with E-state index in [1.54, 1.807) is 24.4 Å². The van der Waals surface area contributed by atoms with Crippen LogP contribution in [0.3, 0.4) is 0 Å². The number of amides is 1. The van der Waals surface area contributed by atoms with Crippen molar-refractivity contribution in [3.8, 4) is 5.69 Å². The summed E-state index contributed by atoms with van der Waals surface area (Å²) in [6, 6.07) is 21.3. The zero-order valence-electron chi connectivity index (χ0n) is 19.1. The molecule has 1 amide bonds. The van der Waals surface area contributed by atoms with Crippen molar-refractivity contribution < 1.29 is 13.6 Å². The van der Waals surface area contributed by atoms with Crippen LogP contribution in [-0.4, -0.2) is 32.0 Å². The van der Waals surface area contributed by atoms with Gasteiger partial charge in [0.15, 0.2) is 5.11 Å². The summed E-state index contributed by atoms with van der Waals surface area (Å²) < 4.78 is 29.9. The lowest BCUT2D eigenvalue weighted by Crippen LogP contribution is -2.33. The number of nitrogens with one attached hydrogen (secondary N) is 2. The molecule has 0 aliphatic carbocycles. The Balaban J connectivity index is 1.45. The number of benzene rings is 2. The van der Waals surface area contributed by atoms with E-state index in [9.17, 15) is 13.6 Å². The maximum Gasteiger partial charge on any atom is 0.226 e. The average molecular weight is 504 g/mol. The molecule has 1 fully saturated rings. The first-order valence-corrected chi connectivity index (χ1v) is 11.9. The van der Waals surface area contributed by atoms with Gasteiger partial charge in [0, 0.05) is 36.7 Å². The Bertz CT molecular complexity index is 1390. The Morgan fingerprint density at radius 2 is 1.86 bits per heavy atom. The maximum absolute atomic E-state index is 14.0. The van der Waals surface area contributed by atoms with Gasteiger partial charge in [0.25, 0.3) is 0 Å². The van der Waals surface area contributed by atoms with Crippen molar-refractivity contribution in [2.75, 3.05) is 11.9 Å². The van der Waals surface area contributed by atoms with E-state index in [4.69, 9.17) is 12.2 Å². The normalized spacial score (nSPS) is 17.2. The van der Waals surface area contributed by atoms with Gasteiger partial charge in [-0.2, -0.15) is 0 Å². The van der Waals surface area contributed by atoms with Crippen molar-refractivity contribution in [2.24, 2.45) is 0 Å². The number of hydrogen-bond donors (Lipinski definition) is 2. The SMILES string of the molecule is O=C(CCN1C(=S)N[C@H](c2ccccn2)[C@H]1c1cccn1-c1cccc(F)c1)Nc1ccccc1F. The molecule has 182 valence electrons. The largest absolute Gasteiger partial charge is 0.352 e. The van der Waals surface area contributed by atoms with Crippen LogP contribution < -0.4 is 10.6 Å². The summed E-state index contributed by atoms with van der Waals surface area (Å²) in [7, 11) is 0. The van der Waals surface area contributed by atoms with Gasteiger partial charge in [-0.25, -0.2) is 8.78 Å². The maximum atomic E-state index is 14.0. The highest BCUT2D eigenvalue weighted by atomic mass is 32.1. The molecule has 1 saturated heterocycles. The van der Waals surface area contributed by atoms with Gasteiger partial charge in [-0.05, 0) is 66.8 Å². The number of hydrogen-bond acceptors (Lipinski definition) is 3. The third-order valence-electron chi connectivity index (χ3n) is 6.10. The summed E-state index contributed by atoms with van der Waals surface area (Å²) in [4.78, 5) is 19.1. The molecular weight excluding hydrogens is 480 g/mol. The second kappa shape index (κ2) is 10.2. The molecule has 4 aromatic rings. The van der Waals surface area contributed by atoms with E-state index in [1.807, 2.05) is 52.1 Å². The minimum absolute atomic E-state index is 0.0856. The fourth-order valence-electron chi connectivity index (χ4n) is 4.46. The number of para-hydroxylation sites is 1. The molecule has 2 aromatic carbocycles. The van der Waals surface area contributed by atoms with Crippen LogP contribution in [0, 0.1) is 11.6 Å². The van der Waals surface area contributed by atoms with Crippen molar-refractivity contribution in [2.45, 2.75) is 18.5 Å². The Labute approximate surface area is 212 Å². The Morgan fingerprint density at radius 1 is 1.03 bits per heavy atom. The zero-order valence-corrected chi connectivity index (χ0v) is 20.0. The number of anilines is 1. The van der Waals surface area contributed by atoms with Crippen molar-refractivity contribution in [3.63, 3.8) is 0 Å². The fraction of sp³-hybridized carbons (Fsp3) is 0.148. The number of rotatable bonds is 7. The van der Waals surface area contributed by atoms with Crippen molar-refractivity contribution >= 4 is 28.9 Å². The topological polar surface area (TPSA) is 62.2 Å². The van der Waals surface area contributed by atoms with Crippen LogP contribution >= 0.6 is 12.2 Å². The molecule has 2 aromatic heterocycles. The molecule has 0 radical (unpaired) electrons. The zero-order chi connectivity index (χ0) is 25.1. The minimum atomic E-state index is -0.495. The molecule has 0 spiro atoms. The van der Waals surface area contributed by atoms with Crippen LogP contribution in [0.5, 0.6) is 0 Å². The highest BCUT2D eigenvalue weighted by molar-refractivity contribution is 7.80. The van der Waals surface area contributed by atoms with Crippen molar-refractivity contribution in [1.82, 2.24) is 19.8 Å². The van der Waals surface area contributed by atoms with Gasteiger partial charge in [-0.1, -0.05) is 24.3 Å². The first kappa shape index (κ1) is 23.6. The smallest absolute Gasteiger partial charge is 0.226 e. The number of halogens is 2. The summed E-state index contributed by atoms with van der Waals surface area (Å²) in [6.45, 7) is 0.286. The second-order valence-corrected chi connectivity index (χ2v) is 8.77. The van der Waals surface area contributed by atoms with Crippen LogP contribution in [0.2, 0.25) is 0 Å². The molecule has 1 aliphatic rings. The van der Waals surface area contributed by atoms with E-state index in [0.717, 1.165) is 11.4 Å². The van der Waals surface area contributed by atoms with Crippen LogP contribution in [-0.2, 0) is 4.79 Å². The summed E-state index contributed by atoms with van der Waals surface area (Å²) in [6.07, 6.45) is 3.67. The summed E-state index contributed by atoms with van der Waals surface area (Å²) >= 11 is 5.68. The van der Waals surface area contributed by atoms with Gasteiger partial charge < -0.3 is 20.1 Å². The lowest BCUT2D eigenvalue weighted by atomic mass is 10.0. The Hall–Kier alpha value is -4.11. The molecule has 36 heavy (non-hydrogen) atoms. The molecule has 6 nitrogen and oxygen atoms in total. The van der Waals surface area contributed by atoms with Gasteiger partial charge in [0.2, 0.25) is 5.91 Å². The molecule has 1 aliphatic heterocycles. The van der Waals surface area contributed by atoms with Gasteiger partial charge in [0.05, 0.1) is 23.5 Å². The van der Waals surface area contributed by atoms with Crippen LogP contribution in [0.1, 0.15) is 29.9 Å². The third kappa shape index (κ3) is 4.83. The number of carbonyl (C=O) groups excluding carboxylic acids is 1. The van der Waals surface area contributed by atoms with E-state index >= 15 is 0 Å². The van der Waals surface area contributed by atoms with E-state index in [0.29, 0.717) is 10.8 Å². The lowest BCUT2D eigenvalue weighted by Gasteiger charge is -2.28. The Morgan fingerprint density at radius 3 is 2.64 bits per heavy atom. The highest BCUT2D eigenvalue weighted by Gasteiger charge is 2.41. The standard InChI is InChI=1S/C27H23F2N5OS/c28-18-7-5-8-19(17-18)33-15-6-12-23(33)26-25(22-11-3-4-14-30-22)32-27(36)34(26)16-13-24(35)31-21-10-2-1-9-20(21)29/h1-12,14-15,17,25-26H,13,16H2,(H,31,35)(H,32,36)/t25-,26-/m1/s1. The molecular formula is C27H23F2N5OS. The average Bonchev–Trinajstić information content (AvgIpc) is 3.49. The van der Waals surface area contributed by atoms with E-state index in [1.165, 1.54) is 24.3 Å². The lowest BCUT2D eigenvalue weighted by molar-refractivity contribution is -0.116. The van der Waals surface area contributed by atoms with Crippen LogP contribution in [0.4, 0.5) is 14.5 Å². The van der Waals surface area contributed by atoms with E-state index in [-0.39, 0.29) is 42.5 Å². The van der Waals surface area contributed by atoms with E-state index in [2.05, 4.69) is 15.6 Å². The number of aromatic nitrogens is 2. The van der Waals surface area contributed by atoms with E-state index < -0.39 is 5.82 Å². The third-order valence-corrected chi connectivity index (χ3v) is 6.45. The molecule has 3 heterocycles. The number of thiocarbonyl (C=S) groups is 1. The molecule has 2 atom stereocenters. The van der Waals surface area contributed by atoms with Crippen molar-refractivity contribution in [3.05, 3.63) is 114 Å². The van der Waals surface area contributed by atoms with Crippen LogP contribution in [0.15, 0.2) is 91.3 Å². The number of carbonyl (C=O) groups is 1. The van der Waals surface area contributed by atoms with Crippen molar-refractivity contribution in [1.29, 1.82) is 0 Å². The monoisotopic (exact) mass is 503 g/mol. The fourth-order valence-corrected chi connectivity index (χ4v) is 4.79. The summed E-state index contributed by atoms with van der Waals surface area (Å²) in [5.74, 6) is -1.16. The minimum Gasteiger partial charge on any atom is -0.352 e. The molecule has 0 unspecified atom stereocenters. The predicted molar refractivity (Wildman–Crippen MR) is 138 cm³/mol. The quantitative estimate of drug-likeness (QED) is 0.342. The molecule has 0 bridgehead atoms. The number of pyridine rings is 1. The first-order chi connectivity index (χ1) is 17.5. The number of nitrogens with zero attached hydrogens (tertiary/aromatic N) is 3.